The second-order valence-corrected chi connectivity index (χ2v) is 6.22. The van der Waals surface area contributed by atoms with Gasteiger partial charge in [-0.3, -0.25) is 0 Å². The maximum absolute atomic E-state index is 11.3. The molecule has 0 spiro atoms. The monoisotopic (exact) mass is 230 g/mol. The third-order valence-electron chi connectivity index (χ3n) is 2.57. The molecule has 0 radical (unpaired) electrons. The molecule has 1 aromatic heterocycles. The predicted molar refractivity (Wildman–Crippen MR) is 55.1 cm³/mol. The van der Waals surface area contributed by atoms with E-state index in [1.807, 2.05) is 0 Å². The summed E-state index contributed by atoms with van der Waals surface area (Å²) in [5.41, 5.74) is 5.60. The molecule has 1 aliphatic rings. The highest BCUT2D eigenvalue weighted by atomic mass is 32.2. The Kier molecular flexibility index (Phi) is 2.56. The van der Waals surface area contributed by atoms with Crippen LogP contribution in [0.5, 0.6) is 0 Å². The summed E-state index contributed by atoms with van der Waals surface area (Å²) in [4.78, 5) is 4.02. The van der Waals surface area contributed by atoms with E-state index < -0.39 is 9.84 Å². The van der Waals surface area contributed by atoms with Gasteiger partial charge in [0, 0.05) is 5.92 Å². The lowest BCUT2D eigenvalue weighted by Gasteiger charge is -2.02. The summed E-state index contributed by atoms with van der Waals surface area (Å²) >= 11 is 0. The van der Waals surface area contributed by atoms with Gasteiger partial charge in [-0.2, -0.15) is 0 Å². The number of sulfone groups is 1. The van der Waals surface area contributed by atoms with Gasteiger partial charge in [0.2, 0.25) is 5.89 Å². The van der Waals surface area contributed by atoms with Crippen molar-refractivity contribution in [2.45, 2.75) is 25.3 Å². The molecule has 2 N–H and O–H groups in total. The first-order valence-electron chi connectivity index (χ1n) is 4.89. The van der Waals surface area contributed by atoms with Crippen molar-refractivity contribution in [3.8, 4) is 0 Å². The van der Waals surface area contributed by atoms with Crippen LogP contribution in [-0.4, -0.2) is 24.9 Å². The van der Waals surface area contributed by atoms with Crippen LogP contribution < -0.4 is 5.73 Å². The van der Waals surface area contributed by atoms with E-state index in [0.29, 0.717) is 18.1 Å². The van der Waals surface area contributed by atoms with E-state index >= 15 is 0 Å². The van der Waals surface area contributed by atoms with Gasteiger partial charge >= 0.3 is 0 Å². The molecule has 2 atom stereocenters. The van der Waals surface area contributed by atoms with Crippen molar-refractivity contribution in [1.82, 2.24) is 4.98 Å². The summed E-state index contributed by atoms with van der Waals surface area (Å²) in [7, 11) is -2.87. The zero-order valence-electron chi connectivity index (χ0n) is 8.51. The van der Waals surface area contributed by atoms with Gasteiger partial charge in [-0.25, -0.2) is 13.4 Å². The van der Waals surface area contributed by atoms with E-state index in [2.05, 4.69) is 4.98 Å². The Hall–Kier alpha value is -0.880. The molecule has 5 nitrogen and oxygen atoms in total. The Bertz CT molecular complexity index is 450. The highest BCUT2D eigenvalue weighted by molar-refractivity contribution is 7.91. The molecule has 1 saturated heterocycles. The molecule has 0 saturated carbocycles. The second kappa shape index (κ2) is 3.61. The van der Waals surface area contributed by atoms with E-state index in [1.165, 1.54) is 0 Å². The number of aromatic nitrogens is 1. The highest BCUT2D eigenvalue weighted by Gasteiger charge is 2.31. The first kappa shape index (κ1) is 10.6. The lowest BCUT2D eigenvalue weighted by molar-refractivity contribution is 0.412. The molecule has 0 amide bonds. The van der Waals surface area contributed by atoms with Crippen LogP contribution in [0.2, 0.25) is 0 Å². The summed E-state index contributed by atoms with van der Waals surface area (Å²) < 4.78 is 28.0. The van der Waals surface area contributed by atoms with Crippen LogP contribution in [0.25, 0.3) is 0 Å². The van der Waals surface area contributed by atoms with Gasteiger partial charge in [0.1, 0.15) is 5.76 Å². The van der Waals surface area contributed by atoms with Gasteiger partial charge in [-0.1, -0.05) is 0 Å². The number of hydrogen-bond acceptors (Lipinski definition) is 5. The van der Waals surface area contributed by atoms with Crippen LogP contribution in [0.15, 0.2) is 10.6 Å². The Morgan fingerprint density at radius 3 is 2.87 bits per heavy atom. The standard InChI is InChI=1S/C9H14N2O3S/c1-6(10)9-11-4-8(14-9)7-2-3-15(12,13)5-7/h4,6-7H,2-3,5,10H2,1H3. The van der Waals surface area contributed by atoms with Crippen molar-refractivity contribution in [3.63, 3.8) is 0 Å². The van der Waals surface area contributed by atoms with E-state index in [9.17, 15) is 8.42 Å². The fourth-order valence-electron chi connectivity index (χ4n) is 1.72. The first-order chi connectivity index (χ1) is 6.98. The average Bonchev–Trinajstić information content (AvgIpc) is 2.70. The van der Waals surface area contributed by atoms with Crippen LogP contribution in [0.3, 0.4) is 0 Å². The zero-order valence-corrected chi connectivity index (χ0v) is 9.33. The lowest BCUT2D eigenvalue weighted by Crippen LogP contribution is -2.05. The van der Waals surface area contributed by atoms with Gasteiger partial charge in [-0.15, -0.1) is 0 Å². The molecule has 0 bridgehead atoms. The Morgan fingerprint density at radius 1 is 1.67 bits per heavy atom. The first-order valence-corrected chi connectivity index (χ1v) is 6.72. The minimum Gasteiger partial charge on any atom is -0.444 e. The molecule has 1 aliphatic heterocycles. The largest absolute Gasteiger partial charge is 0.444 e. The highest BCUT2D eigenvalue weighted by Crippen LogP contribution is 2.29. The quantitative estimate of drug-likeness (QED) is 0.803. The van der Waals surface area contributed by atoms with Crippen LogP contribution in [0.4, 0.5) is 0 Å². The maximum Gasteiger partial charge on any atom is 0.211 e. The van der Waals surface area contributed by atoms with E-state index in [0.717, 1.165) is 0 Å². The Labute approximate surface area is 88.6 Å². The Morgan fingerprint density at radius 2 is 2.40 bits per heavy atom. The zero-order chi connectivity index (χ0) is 11.1. The molecule has 1 aromatic rings. The van der Waals surface area contributed by atoms with Gasteiger partial charge in [0.15, 0.2) is 9.84 Å². The lowest BCUT2D eigenvalue weighted by atomic mass is 10.1. The molecular weight excluding hydrogens is 216 g/mol. The van der Waals surface area contributed by atoms with Crippen molar-refractivity contribution in [2.75, 3.05) is 11.5 Å². The summed E-state index contributed by atoms with van der Waals surface area (Å²) in [6.07, 6.45) is 2.21. The number of hydrogen-bond donors (Lipinski definition) is 1. The summed E-state index contributed by atoms with van der Waals surface area (Å²) in [6.45, 7) is 1.78. The SMILES string of the molecule is CC(N)c1ncc(C2CCS(=O)(=O)C2)o1. The molecule has 1 fully saturated rings. The molecule has 0 aliphatic carbocycles. The number of oxazole rings is 1. The van der Waals surface area contributed by atoms with Crippen LogP contribution in [0.1, 0.15) is 37.0 Å². The summed E-state index contributed by atoms with van der Waals surface area (Å²) in [5.74, 6) is 1.47. The van der Waals surface area contributed by atoms with Crippen molar-refractivity contribution in [2.24, 2.45) is 5.73 Å². The van der Waals surface area contributed by atoms with Crippen LogP contribution in [0, 0.1) is 0 Å². The molecule has 15 heavy (non-hydrogen) atoms. The predicted octanol–water partition coefficient (Wildman–Crippen LogP) is 0.596. The maximum atomic E-state index is 11.3. The van der Waals surface area contributed by atoms with Crippen molar-refractivity contribution in [3.05, 3.63) is 17.8 Å². The molecule has 2 heterocycles. The molecular formula is C9H14N2O3S. The van der Waals surface area contributed by atoms with Gasteiger partial charge in [0.05, 0.1) is 23.7 Å². The molecule has 0 aromatic carbocycles. The minimum absolute atomic E-state index is 0.0463. The van der Waals surface area contributed by atoms with Gasteiger partial charge in [0.25, 0.3) is 0 Å². The van der Waals surface area contributed by atoms with E-state index in [4.69, 9.17) is 10.2 Å². The third kappa shape index (κ3) is 2.21. The summed E-state index contributed by atoms with van der Waals surface area (Å²) in [5, 5.41) is 0. The normalized spacial score (nSPS) is 26.7. The molecule has 6 heteroatoms. The van der Waals surface area contributed by atoms with Crippen LogP contribution >= 0.6 is 0 Å². The van der Waals surface area contributed by atoms with E-state index in [1.54, 1.807) is 13.1 Å². The smallest absolute Gasteiger partial charge is 0.211 e. The van der Waals surface area contributed by atoms with E-state index in [-0.39, 0.29) is 23.5 Å². The van der Waals surface area contributed by atoms with Crippen molar-refractivity contribution < 1.29 is 12.8 Å². The number of nitrogens with two attached hydrogens (primary N) is 1. The fourth-order valence-corrected chi connectivity index (χ4v) is 3.47. The van der Waals surface area contributed by atoms with Crippen LogP contribution in [-0.2, 0) is 9.84 Å². The molecule has 2 unspecified atom stereocenters. The number of rotatable bonds is 2. The van der Waals surface area contributed by atoms with Crippen molar-refractivity contribution in [1.29, 1.82) is 0 Å². The molecule has 2 rings (SSSR count). The topological polar surface area (TPSA) is 86.2 Å². The van der Waals surface area contributed by atoms with Crippen molar-refractivity contribution >= 4 is 9.84 Å². The van der Waals surface area contributed by atoms with Gasteiger partial charge < -0.3 is 10.2 Å². The average molecular weight is 230 g/mol. The Balaban J connectivity index is 2.17. The third-order valence-corrected chi connectivity index (χ3v) is 4.33. The minimum atomic E-state index is -2.87. The molecule has 84 valence electrons. The number of nitrogens with zero attached hydrogens (tertiary/aromatic N) is 1. The fraction of sp³-hybridized carbons (Fsp3) is 0.667. The summed E-state index contributed by atoms with van der Waals surface area (Å²) in [6, 6.07) is -0.253. The van der Waals surface area contributed by atoms with Gasteiger partial charge in [-0.05, 0) is 13.3 Å². The second-order valence-electron chi connectivity index (χ2n) is 3.99.